The van der Waals surface area contributed by atoms with Crippen LogP contribution in [-0.4, -0.2) is 40.6 Å². The van der Waals surface area contributed by atoms with Crippen molar-refractivity contribution in [1.29, 1.82) is 5.41 Å². The number of nitrogens with one attached hydrogen (secondary N) is 3. The number of carboxylic acids is 1. The summed E-state index contributed by atoms with van der Waals surface area (Å²) >= 11 is 0. The average Bonchev–Trinajstić information content (AvgIpc) is 2.85. The van der Waals surface area contributed by atoms with E-state index in [2.05, 4.69) is 10.6 Å². The highest BCUT2D eigenvalue weighted by Gasteiger charge is 2.26. The van der Waals surface area contributed by atoms with Gasteiger partial charge in [0.25, 0.3) is 5.91 Å². The van der Waals surface area contributed by atoms with E-state index in [1.165, 1.54) is 6.07 Å². The summed E-state index contributed by atoms with van der Waals surface area (Å²) in [6.45, 7) is 5.92. The minimum atomic E-state index is -1.14. The van der Waals surface area contributed by atoms with Crippen molar-refractivity contribution in [3.63, 3.8) is 0 Å². The molecule has 1 atom stereocenters. The van der Waals surface area contributed by atoms with Crippen LogP contribution in [-0.2, 0) is 6.54 Å². The first-order chi connectivity index (χ1) is 17.0. The number of benzene rings is 3. The van der Waals surface area contributed by atoms with E-state index in [1.807, 2.05) is 57.2 Å². The molecule has 8 heteroatoms. The van der Waals surface area contributed by atoms with Gasteiger partial charge in [-0.3, -0.25) is 10.2 Å². The molecule has 1 unspecified atom stereocenters. The van der Waals surface area contributed by atoms with E-state index in [0.29, 0.717) is 17.7 Å². The number of nitrogens with two attached hydrogens (primary N) is 1. The molecule has 0 aliphatic carbocycles. The number of carbonyl (C=O) groups is 2. The van der Waals surface area contributed by atoms with Crippen molar-refractivity contribution in [3.05, 3.63) is 89.0 Å². The zero-order chi connectivity index (χ0) is 26.5. The molecule has 0 radical (unpaired) electrons. The summed E-state index contributed by atoms with van der Waals surface area (Å²) in [6.07, 6.45) is 0. The zero-order valence-electron chi connectivity index (χ0n) is 20.6. The summed E-state index contributed by atoms with van der Waals surface area (Å²) < 4.78 is 0. The van der Waals surface area contributed by atoms with Crippen molar-refractivity contribution in [3.8, 4) is 11.1 Å². The van der Waals surface area contributed by atoms with Gasteiger partial charge in [-0.15, -0.1) is 0 Å². The minimum absolute atomic E-state index is 0.00416. The van der Waals surface area contributed by atoms with Crippen molar-refractivity contribution in [2.24, 2.45) is 11.1 Å². The highest BCUT2D eigenvalue weighted by molar-refractivity contribution is 6.02. The summed E-state index contributed by atoms with van der Waals surface area (Å²) in [4.78, 5) is 25.0. The average molecular weight is 489 g/mol. The van der Waals surface area contributed by atoms with Gasteiger partial charge < -0.3 is 26.6 Å². The SMILES string of the molecule is CC(C)(C)C(CO)NC(=O)c1ccc(-c2ccccc2CNc2ccc(C(=N)N)cc2)c(C(=O)O)c1. The molecule has 8 nitrogen and oxygen atoms in total. The quantitative estimate of drug-likeness (QED) is 0.197. The Labute approximate surface area is 210 Å². The second kappa shape index (κ2) is 11.0. The molecule has 36 heavy (non-hydrogen) atoms. The van der Waals surface area contributed by atoms with Crippen LogP contribution in [0.4, 0.5) is 5.69 Å². The van der Waals surface area contributed by atoms with Gasteiger partial charge in [-0.05, 0) is 58.5 Å². The van der Waals surface area contributed by atoms with Crippen molar-refractivity contribution < 1.29 is 19.8 Å². The molecular weight excluding hydrogens is 456 g/mol. The number of aromatic carboxylic acids is 1. The largest absolute Gasteiger partial charge is 0.478 e. The summed E-state index contributed by atoms with van der Waals surface area (Å²) in [7, 11) is 0. The molecule has 0 aliphatic heterocycles. The van der Waals surface area contributed by atoms with Crippen molar-refractivity contribution in [2.75, 3.05) is 11.9 Å². The van der Waals surface area contributed by atoms with Crippen LogP contribution in [0.3, 0.4) is 0 Å². The molecule has 0 bridgehead atoms. The van der Waals surface area contributed by atoms with Crippen molar-refractivity contribution in [2.45, 2.75) is 33.4 Å². The summed E-state index contributed by atoms with van der Waals surface area (Å²) in [5, 5.41) is 33.2. The number of nitrogen functional groups attached to an aromatic ring is 1. The Kier molecular flexibility index (Phi) is 8.11. The molecule has 3 aromatic carbocycles. The molecule has 3 rings (SSSR count). The number of aliphatic hydroxyl groups is 1. The first-order valence-electron chi connectivity index (χ1n) is 11.6. The van der Waals surface area contributed by atoms with Crippen LogP contribution >= 0.6 is 0 Å². The van der Waals surface area contributed by atoms with Crippen LogP contribution in [0.5, 0.6) is 0 Å². The molecule has 1 amide bonds. The smallest absolute Gasteiger partial charge is 0.336 e. The van der Waals surface area contributed by atoms with Gasteiger partial charge in [0.15, 0.2) is 0 Å². The predicted octanol–water partition coefficient (Wildman–Crippen LogP) is 4.08. The molecule has 0 saturated heterocycles. The van der Waals surface area contributed by atoms with E-state index in [0.717, 1.165) is 16.8 Å². The second-order valence-corrected chi connectivity index (χ2v) is 9.64. The third-order valence-corrected chi connectivity index (χ3v) is 6.03. The van der Waals surface area contributed by atoms with Crippen LogP contribution in [0.2, 0.25) is 0 Å². The van der Waals surface area contributed by atoms with Gasteiger partial charge in [0.2, 0.25) is 0 Å². The lowest BCUT2D eigenvalue weighted by Gasteiger charge is -2.29. The first kappa shape index (κ1) is 26.4. The highest BCUT2D eigenvalue weighted by Crippen LogP contribution is 2.29. The second-order valence-electron chi connectivity index (χ2n) is 9.64. The maximum atomic E-state index is 12.8. The number of rotatable bonds is 9. The number of carboxylic acid groups (broad SMARTS) is 1. The summed E-state index contributed by atoms with van der Waals surface area (Å²) in [5.41, 5.74) is 8.93. The number of amides is 1. The summed E-state index contributed by atoms with van der Waals surface area (Å²) in [6, 6.07) is 18.8. The van der Waals surface area contributed by atoms with Crippen LogP contribution < -0.4 is 16.4 Å². The minimum Gasteiger partial charge on any atom is -0.478 e. The lowest BCUT2D eigenvalue weighted by Crippen LogP contribution is -2.46. The molecule has 0 saturated carbocycles. The molecule has 188 valence electrons. The predicted molar refractivity (Wildman–Crippen MR) is 141 cm³/mol. The van der Waals surface area contributed by atoms with Crippen LogP contribution in [0, 0.1) is 10.8 Å². The Bertz CT molecular complexity index is 1260. The molecule has 0 heterocycles. The first-order valence-corrected chi connectivity index (χ1v) is 11.6. The van der Waals surface area contributed by atoms with Crippen LogP contribution in [0.15, 0.2) is 66.7 Å². The van der Waals surface area contributed by atoms with E-state index in [1.54, 1.807) is 24.3 Å². The highest BCUT2D eigenvalue weighted by atomic mass is 16.4. The normalized spacial score (nSPS) is 12.0. The molecule has 0 fully saturated rings. The van der Waals surface area contributed by atoms with E-state index >= 15 is 0 Å². The van der Waals surface area contributed by atoms with E-state index in [4.69, 9.17) is 11.1 Å². The van der Waals surface area contributed by atoms with Gasteiger partial charge in [0, 0.05) is 23.4 Å². The monoisotopic (exact) mass is 488 g/mol. The number of anilines is 1. The Morgan fingerprint density at radius 3 is 2.19 bits per heavy atom. The Morgan fingerprint density at radius 1 is 0.972 bits per heavy atom. The maximum Gasteiger partial charge on any atom is 0.336 e. The van der Waals surface area contributed by atoms with Gasteiger partial charge in [0.05, 0.1) is 18.2 Å². The number of carbonyl (C=O) groups excluding carboxylic acids is 1. The fraction of sp³-hybridized carbons (Fsp3) is 0.250. The Balaban J connectivity index is 1.89. The molecular formula is C28H32N4O4. The van der Waals surface area contributed by atoms with Gasteiger partial charge in [-0.1, -0.05) is 51.1 Å². The molecule has 0 aliphatic rings. The lowest BCUT2D eigenvalue weighted by atomic mass is 9.87. The molecule has 0 spiro atoms. The van der Waals surface area contributed by atoms with E-state index in [9.17, 15) is 19.8 Å². The lowest BCUT2D eigenvalue weighted by molar-refractivity contribution is 0.0697. The van der Waals surface area contributed by atoms with Gasteiger partial charge in [0.1, 0.15) is 5.84 Å². The maximum absolute atomic E-state index is 12.8. The van der Waals surface area contributed by atoms with Gasteiger partial charge in [-0.2, -0.15) is 0 Å². The number of amidine groups is 1. The van der Waals surface area contributed by atoms with Crippen molar-refractivity contribution >= 4 is 23.4 Å². The van der Waals surface area contributed by atoms with E-state index < -0.39 is 17.9 Å². The molecule has 7 N–H and O–H groups in total. The standard InChI is InChI=1S/C28H32N4O4/c1-28(2,3)24(16-33)32-26(34)18-10-13-22(23(14-18)27(35)36)21-7-5-4-6-19(21)15-31-20-11-8-17(9-12-20)25(29)30/h4-14,24,31,33H,15-16H2,1-3H3,(H3,29,30)(H,32,34)(H,35,36). The third-order valence-electron chi connectivity index (χ3n) is 6.03. The summed E-state index contributed by atoms with van der Waals surface area (Å²) in [5.74, 6) is -1.59. The number of hydrogen-bond acceptors (Lipinski definition) is 5. The van der Waals surface area contributed by atoms with Gasteiger partial charge in [-0.25, -0.2) is 4.79 Å². The van der Waals surface area contributed by atoms with E-state index in [-0.39, 0.29) is 29.0 Å². The van der Waals surface area contributed by atoms with Crippen LogP contribution in [0.25, 0.3) is 11.1 Å². The number of aliphatic hydroxyl groups excluding tert-OH is 1. The fourth-order valence-electron chi connectivity index (χ4n) is 3.78. The topological polar surface area (TPSA) is 149 Å². The number of hydrogen-bond donors (Lipinski definition) is 6. The fourth-order valence-corrected chi connectivity index (χ4v) is 3.78. The molecule has 3 aromatic rings. The molecule has 0 aromatic heterocycles. The third kappa shape index (κ3) is 6.28. The Morgan fingerprint density at radius 2 is 1.61 bits per heavy atom. The van der Waals surface area contributed by atoms with Gasteiger partial charge >= 0.3 is 5.97 Å². The van der Waals surface area contributed by atoms with Crippen LogP contribution in [0.1, 0.15) is 52.6 Å². The Hall–Kier alpha value is -4.17. The van der Waals surface area contributed by atoms with Crippen molar-refractivity contribution in [1.82, 2.24) is 5.32 Å². The zero-order valence-corrected chi connectivity index (χ0v) is 20.6.